The van der Waals surface area contributed by atoms with Crippen LogP contribution in [0.2, 0.25) is 0 Å². The number of hydrogen-bond acceptors (Lipinski definition) is 3. The first kappa shape index (κ1) is 18.4. The van der Waals surface area contributed by atoms with Crippen LogP contribution in [-0.2, 0) is 4.79 Å². The molecule has 2 fully saturated rings. The highest BCUT2D eigenvalue weighted by molar-refractivity contribution is 5.81. The number of carbonyl (C=O) groups is 1. The van der Waals surface area contributed by atoms with Gasteiger partial charge in [-0.05, 0) is 50.6 Å². The van der Waals surface area contributed by atoms with Gasteiger partial charge in [0, 0.05) is 12.5 Å². The van der Waals surface area contributed by atoms with Crippen molar-refractivity contribution in [1.29, 1.82) is 0 Å². The summed E-state index contributed by atoms with van der Waals surface area (Å²) in [5.74, 6) is 0.897. The van der Waals surface area contributed by atoms with E-state index in [4.69, 9.17) is 0 Å². The van der Waals surface area contributed by atoms with Gasteiger partial charge in [0.25, 0.3) is 0 Å². The molecule has 4 nitrogen and oxygen atoms in total. The van der Waals surface area contributed by atoms with Crippen molar-refractivity contribution in [1.82, 2.24) is 10.2 Å². The molecule has 2 aliphatic rings. The van der Waals surface area contributed by atoms with Crippen LogP contribution in [0, 0.1) is 11.8 Å². The van der Waals surface area contributed by atoms with Crippen LogP contribution in [0.4, 0.5) is 0 Å². The molecule has 1 heterocycles. The van der Waals surface area contributed by atoms with Gasteiger partial charge in [-0.25, -0.2) is 0 Å². The SMILES string of the molecule is CC(C)CCN1CC[C@@](C)(O)[C@@H](NC(=O)C2CC2)[C@@H]1c1ccccc1. The standard InChI is InChI=1S/C21H32N2O2/c1-15(2)11-13-23-14-12-21(3,25)19(22-20(24)17-9-10-17)18(23)16-7-5-4-6-8-16/h4-8,15,17-19,25H,9-14H2,1-3H3,(H,22,24)/t18-,19-,21+/m0/s1. The molecule has 0 unspecified atom stereocenters. The van der Waals surface area contributed by atoms with Crippen molar-refractivity contribution < 1.29 is 9.90 Å². The van der Waals surface area contributed by atoms with Crippen LogP contribution in [0.15, 0.2) is 30.3 Å². The molecule has 25 heavy (non-hydrogen) atoms. The van der Waals surface area contributed by atoms with Crippen molar-refractivity contribution in [3.63, 3.8) is 0 Å². The number of aliphatic hydroxyl groups is 1. The Balaban J connectivity index is 1.88. The summed E-state index contributed by atoms with van der Waals surface area (Å²) in [5.41, 5.74) is 0.284. The maximum absolute atomic E-state index is 12.5. The van der Waals surface area contributed by atoms with Gasteiger partial charge in [0.05, 0.1) is 17.7 Å². The zero-order valence-corrected chi connectivity index (χ0v) is 15.7. The quantitative estimate of drug-likeness (QED) is 0.834. The summed E-state index contributed by atoms with van der Waals surface area (Å²) >= 11 is 0. The van der Waals surface area contributed by atoms with Gasteiger partial charge in [-0.1, -0.05) is 44.2 Å². The normalized spacial score (nSPS) is 30.4. The van der Waals surface area contributed by atoms with Crippen molar-refractivity contribution in [3.05, 3.63) is 35.9 Å². The lowest BCUT2D eigenvalue weighted by atomic mass is 9.79. The van der Waals surface area contributed by atoms with Gasteiger partial charge in [-0.3, -0.25) is 9.69 Å². The molecule has 0 spiro atoms. The summed E-state index contributed by atoms with van der Waals surface area (Å²) in [5, 5.41) is 14.3. The van der Waals surface area contributed by atoms with Crippen LogP contribution in [-0.4, -0.2) is 40.6 Å². The highest BCUT2D eigenvalue weighted by Crippen LogP contribution is 2.38. The number of nitrogens with zero attached hydrogens (tertiary/aromatic N) is 1. The van der Waals surface area contributed by atoms with Crippen molar-refractivity contribution in [3.8, 4) is 0 Å². The van der Waals surface area contributed by atoms with Gasteiger partial charge in [-0.2, -0.15) is 0 Å². The predicted molar refractivity (Wildman–Crippen MR) is 100 cm³/mol. The zero-order chi connectivity index (χ0) is 18.0. The maximum atomic E-state index is 12.5. The van der Waals surface area contributed by atoms with Crippen molar-refractivity contribution in [2.75, 3.05) is 13.1 Å². The summed E-state index contributed by atoms with van der Waals surface area (Å²) in [7, 11) is 0. The van der Waals surface area contributed by atoms with Crippen LogP contribution >= 0.6 is 0 Å². The Morgan fingerprint density at radius 1 is 1.32 bits per heavy atom. The summed E-state index contributed by atoms with van der Waals surface area (Å²) in [6.45, 7) is 8.20. The Labute approximate surface area is 151 Å². The Hall–Kier alpha value is -1.39. The lowest BCUT2D eigenvalue weighted by Gasteiger charge is -2.49. The van der Waals surface area contributed by atoms with E-state index in [1.165, 1.54) is 5.56 Å². The van der Waals surface area contributed by atoms with E-state index in [0.717, 1.165) is 32.4 Å². The highest BCUT2D eigenvalue weighted by Gasteiger charge is 2.47. The highest BCUT2D eigenvalue weighted by atomic mass is 16.3. The van der Waals surface area contributed by atoms with Gasteiger partial charge in [0.15, 0.2) is 0 Å². The van der Waals surface area contributed by atoms with Gasteiger partial charge >= 0.3 is 0 Å². The average molecular weight is 344 g/mol. The molecule has 2 N–H and O–H groups in total. The van der Waals surface area contributed by atoms with Crippen LogP contribution < -0.4 is 5.32 Å². The molecule has 1 saturated heterocycles. The molecular weight excluding hydrogens is 312 g/mol. The third-order valence-electron chi connectivity index (χ3n) is 5.66. The first-order chi connectivity index (χ1) is 11.9. The van der Waals surface area contributed by atoms with Gasteiger partial charge in [0.1, 0.15) is 0 Å². The molecule has 138 valence electrons. The van der Waals surface area contributed by atoms with Crippen molar-refractivity contribution in [2.45, 2.75) is 64.1 Å². The molecule has 1 aromatic rings. The summed E-state index contributed by atoms with van der Waals surface area (Å²) in [6, 6.07) is 10.1. The van der Waals surface area contributed by atoms with E-state index in [2.05, 4.69) is 36.2 Å². The Bertz CT molecular complexity index is 579. The Morgan fingerprint density at radius 2 is 2.00 bits per heavy atom. The lowest BCUT2D eigenvalue weighted by Crippen LogP contribution is -2.62. The number of benzene rings is 1. The molecule has 3 atom stereocenters. The fraction of sp³-hybridized carbons (Fsp3) is 0.667. The molecule has 1 aliphatic carbocycles. The van der Waals surface area contributed by atoms with E-state index in [1.54, 1.807) is 0 Å². The number of piperidine rings is 1. The second-order valence-corrected chi connectivity index (χ2v) is 8.44. The first-order valence-corrected chi connectivity index (χ1v) is 9.70. The lowest BCUT2D eigenvalue weighted by molar-refractivity contribution is -0.129. The minimum absolute atomic E-state index is 0.0198. The molecule has 0 radical (unpaired) electrons. The first-order valence-electron chi connectivity index (χ1n) is 9.70. The van der Waals surface area contributed by atoms with Gasteiger partial charge in [-0.15, -0.1) is 0 Å². The molecule has 1 saturated carbocycles. The van der Waals surface area contributed by atoms with Crippen molar-refractivity contribution >= 4 is 5.91 Å². The van der Waals surface area contributed by atoms with Crippen LogP contribution in [0.1, 0.15) is 58.1 Å². The molecule has 3 rings (SSSR count). The largest absolute Gasteiger partial charge is 0.388 e. The van der Waals surface area contributed by atoms with Crippen LogP contribution in [0.5, 0.6) is 0 Å². The Morgan fingerprint density at radius 3 is 2.60 bits per heavy atom. The van der Waals surface area contributed by atoms with E-state index in [0.29, 0.717) is 12.3 Å². The molecule has 1 amide bonds. The van der Waals surface area contributed by atoms with Crippen molar-refractivity contribution in [2.24, 2.45) is 11.8 Å². The molecule has 0 aromatic heterocycles. The summed E-state index contributed by atoms with van der Waals surface area (Å²) in [4.78, 5) is 14.9. The molecule has 1 aromatic carbocycles. The van der Waals surface area contributed by atoms with E-state index in [9.17, 15) is 9.90 Å². The molecule has 4 heteroatoms. The number of nitrogens with one attached hydrogen (secondary N) is 1. The number of rotatable bonds is 6. The van der Waals surface area contributed by atoms with E-state index in [1.807, 2.05) is 25.1 Å². The number of hydrogen-bond donors (Lipinski definition) is 2. The number of carbonyl (C=O) groups excluding carboxylic acids is 1. The van der Waals surface area contributed by atoms with Gasteiger partial charge < -0.3 is 10.4 Å². The Kier molecular flexibility index (Phi) is 5.49. The van der Waals surface area contributed by atoms with E-state index in [-0.39, 0.29) is 23.9 Å². The molecular formula is C21H32N2O2. The average Bonchev–Trinajstić information content (AvgIpc) is 3.41. The smallest absolute Gasteiger partial charge is 0.223 e. The fourth-order valence-electron chi connectivity index (χ4n) is 3.79. The topological polar surface area (TPSA) is 52.6 Å². The summed E-state index contributed by atoms with van der Waals surface area (Å²) in [6.07, 6.45) is 3.76. The number of likely N-dealkylation sites (tertiary alicyclic amines) is 1. The predicted octanol–water partition coefficient (Wildman–Crippen LogP) is 3.13. The minimum Gasteiger partial charge on any atom is -0.388 e. The van der Waals surface area contributed by atoms with E-state index >= 15 is 0 Å². The maximum Gasteiger partial charge on any atom is 0.223 e. The summed E-state index contributed by atoms with van der Waals surface area (Å²) < 4.78 is 0. The second kappa shape index (κ2) is 7.46. The minimum atomic E-state index is -0.889. The third kappa shape index (κ3) is 4.42. The molecule has 0 bridgehead atoms. The second-order valence-electron chi connectivity index (χ2n) is 8.44. The van der Waals surface area contributed by atoms with E-state index < -0.39 is 5.60 Å². The number of amides is 1. The zero-order valence-electron chi connectivity index (χ0n) is 15.7. The third-order valence-corrected chi connectivity index (χ3v) is 5.66. The van der Waals surface area contributed by atoms with Crippen LogP contribution in [0.3, 0.4) is 0 Å². The fourth-order valence-corrected chi connectivity index (χ4v) is 3.79. The monoisotopic (exact) mass is 344 g/mol. The van der Waals surface area contributed by atoms with Crippen LogP contribution in [0.25, 0.3) is 0 Å². The molecule has 1 aliphatic heterocycles. The van der Waals surface area contributed by atoms with Gasteiger partial charge in [0.2, 0.25) is 5.91 Å².